The summed E-state index contributed by atoms with van der Waals surface area (Å²) < 4.78 is 7.53. The Labute approximate surface area is 239 Å². The molecule has 3 amide bonds. The number of hydrogen-bond acceptors (Lipinski definition) is 6. The van der Waals surface area contributed by atoms with E-state index in [4.69, 9.17) is 9.84 Å². The topological polar surface area (TPSA) is 121 Å². The van der Waals surface area contributed by atoms with E-state index in [0.29, 0.717) is 49.2 Å². The summed E-state index contributed by atoms with van der Waals surface area (Å²) in [5, 5.41) is 18.0. The van der Waals surface area contributed by atoms with Crippen molar-refractivity contribution in [1.82, 2.24) is 20.0 Å². The Kier molecular flexibility index (Phi) is 6.38. The molecule has 1 aromatic heterocycles. The predicted molar refractivity (Wildman–Crippen MR) is 149 cm³/mol. The molecule has 10 heteroatoms. The Balaban J connectivity index is 1.35. The number of aromatic nitrogens is 2. The molecule has 7 rings (SSSR count). The molecule has 0 bridgehead atoms. The number of fused-ring (bicyclic) bond motifs is 2. The number of anilines is 1. The van der Waals surface area contributed by atoms with Crippen molar-refractivity contribution in [2.75, 3.05) is 24.7 Å². The molecular weight excluding hydrogens is 520 g/mol. The number of rotatable bonds is 6. The summed E-state index contributed by atoms with van der Waals surface area (Å²) in [5.41, 5.74) is 2.58. The number of amides is 3. The molecule has 0 spiro atoms. The maximum atomic E-state index is 14.4. The zero-order valence-electron chi connectivity index (χ0n) is 23.6. The van der Waals surface area contributed by atoms with Crippen LogP contribution in [0.1, 0.15) is 89.4 Å². The largest absolute Gasteiger partial charge is 0.381 e. The zero-order valence-corrected chi connectivity index (χ0v) is 23.6. The molecule has 2 aliphatic carbocycles. The van der Waals surface area contributed by atoms with E-state index in [0.717, 1.165) is 43.2 Å². The number of carbonyl (C=O) groups is 3. The number of nitrogens with one attached hydrogen (secondary N) is 1. The fourth-order valence-corrected chi connectivity index (χ4v) is 7.37. The molecule has 1 aromatic carbocycles. The zero-order chi connectivity index (χ0) is 28.4. The number of benzene rings is 1. The highest BCUT2D eigenvalue weighted by Crippen LogP contribution is 2.53. The second kappa shape index (κ2) is 9.98. The summed E-state index contributed by atoms with van der Waals surface area (Å²) in [5.74, 6) is 0.188. The van der Waals surface area contributed by atoms with Crippen LogP contribution in [0.3, 0.4) is 0 Å². The smallest absolute Gasteiger partial charge is 0.276 e. The number of piperidine rings is 1. The van der Waals surface area contributed by atoms with Crippen molar-refractivity contribution in [2.45, 2.75) is 82.5 Å². The fraction of sp³-hybridized carbons (Fsp3) is 0.581. The number of likely N-dealkylation sites (N-methyl/N-ethyl adjacent to an activating group) is 1. The Morgan fingerprint density at radius 2 is 1.93 bits per heavy atom. The van der Waals surface area contributed by atoms with Gasteiger partial charge in [-0.3, -0.25) is 19.3 Å². The minimum Gasteiger partial charge on any atom is -0.381 e. The van der Waals surface area contributed by atoms with Crippen LogP contribution in [0.4, 0.5) is 5.82 Å². The number of hydrogen-bond donors (Lipinski definition) is 1. The van der Waals surface area contributed by atoms with Gasteiger partial charge >= 0.3 is 0 Å². The first-order valence-electron chi connectivity index (χ1n) is 15.0. The highest BCUT2D eigenvalue weighted by atomic mass is 16.5. The second-order valence-electron chi connectivity index (χ2n) is 12.3. The highest BCUT2D eigenvalue weighted by Gasteiger charge is 2.57. The van der Waals surface area contributed by atoms with Crippen molar-refractivity contribution in [2.24, 2.45) is 11.8 Å². The molecule has 4 fully saturated rings. The monoisotopic (exact) mass is 556 g/mol. The van der Waals surface area contributed by atoms with E-state index in [1.165, 1.54) is 0 Å². The first kappa shape index (κ1) is 26.2. The molecule has 0 unspecified atom stereocenters. The molecule has 3 aliphatic heterocycles. The van der Waals surface area contributed by atoms with Gasteiger partial charge in [0.15, 0.2) is 5.69 Å². The van der Waals surface area contributed by atoms with Crippen molar-refractivity contribution in [1.29, 1.82) is 5.26 Å². The molecule has 2 aromatic rings. The molecular formula is C31H36N6O4. The van der Waals surface area contributed by atoms with Crippen LogP contribution in [0.25, 0.3) is 0 Å². The third-order valence-electron chi connectivity index (χ3n) is 9.64. The maximum Gasteiger partial charge on any atom is 0.276 e. The number of carbonyl (C=O) groups excluding carboxylic acids is 3. The lowest BCUT2D eigenvalue weighted by molar-refractivity contribution is -0.121. The minimum absolute atomic E-state index is 0.00166. The maximum absolute atomic E-state index is 14.4. The number of ether oxygens (including phenoxy) is 1. The Bertz CT molecular complexity index is 1450. The summed E-state index contributed by atoms with van der Waals surface area (Å²) in [6.45, 7) is 5.42. The molecule has 214 valence electrons. The molecule has 10 nitrogen and oxygen atoms in total. The van der Waals surface area contributed by atoms with Gasteiger partial charge in [0, 0.05) is 42.8 Å². The molecule has 5 aliphatic rings. The van der Waals surface area contributed by atoms with Crippen LogP contribution in [0.5, 0.6) is 0 Å². The van der Waals surface area contributed by atoms with Crippen LogP contribution >= 0.6 is 0 Å². The minimum atomic E-state index is -0.805. The van der Waals surface area contributed by atoms with Gasteiger partial charge in [-0.15, -0.1) is 0 Å². The molecule has 5 atom stereocenters. The summed E-state index contributed by atoms with van der Waals surface area (Å²) >= 11 is 0. The SMILES string of the molecule is CCN1C(=O)[C@@H](NC(=O)c2cccc(C)c2)[C@@H](C2CC2)c2c(C(=O)N3[C@H](C#N)C[C@H]4C[C@H]43)nn(C3CCOCC3)c21. The molecule has 2 saturated heterocycles. The van der Waals surface area contributed by atoms with Crippen LogP contribution < -0.4 is 10.2 Å². The summed E-state index contributed by atoms with van der Waals surface area (Å²) in [7, 11) is 0. The van der Waals surface area contributed by atoms with Crippen molar-refractivity contribution in [3.63, 3.8) is 0 Å². The van der Waals surface area contributed by atoms with Gasteiger partial charge < -0.3 is 15.0 Å². The van der Waals surface area contributed by atoms with Crippen LogP contribution in [0.15, 0.2) is 24.3 Å². The first-order valence-corrected chi connectivity index (χ1v) is 15.0. The van der Waals surface area contributed by atoms with Crippen LogP contribution in [-0.4, -0.2) is 70.3 Å². The van der Waals surface area contributed by atoms with E-state index in [1.54, 1.807) is 15.9 Å². The van der Waals surface area contributed by atoms with E-state index in [9.17, 15) is 19.6 Å². The number of aryl methyl sites for hydroxylation is 1. The van der Waals surface area contributed by atoms with Gasteiger partial charge in [-0.1, -0.05) is 17.7 Å². The Hall–Kier alpha value is -3.71. The third-order valence-corrected chi connectivity index (χ3v) is 9.64. The average Bonchev–Trinajstić information content (AvgIpc) is 3.90. The Morgan fingerprint density at radius 3 is 2.61 bits per heavy atom. The number of nitrogens with zero attached hydrogens (tertiary/aromatic N) is 5. The lowest BCUT2D eigenvalue weighted by Gasteiger charge is -2.39. The van der Waals surface area contributed by atoms with Gasteiger partial charge in [0.2, 0.25) is 0 Å². The summed E-state index contributed by atoms with van der Waals surface area (Å²) in [6.07, 6.45) is 4.95. The standard InChI is InChI=1S/C31H36N6O4/c1-3-35-29-25(24(18-7-8-18)26(30(35)39)33-28(38)19-6-4-5-17(2)13-19)27(34-37(29)21-9-11-41-12-10-21)31(40)36-22(16-32)14-20-15-23(20)36/h4-6,13,18,20-24,26H,3,7-12,14-15H2,1-2H3,(H,33,38)/t20-,22-,23+,24-,26-/m0/s1. The lowest BCUT2D eigenvalue weighted by Crippen LogP contribution is -2.56. The molecule has 0 radical (unpaired) electrons. The highest BCUT2D eigenvalue weighted by molar-refractivity contribution is 6.07. The van der Waals surface area contributed by atoms with Crippen molar-refractivity contribution in [3.8, 4) is 6.07 Å². The lowest BCUT2D eigenvalue weighted by atomic mass is 9.82. The number of likely N-dealkylation sites (tertiary alicyclic amines) is 1. The molecule has 1 N–H and O–H groups in total. The molecule has 4 heterocycles. The predicted octanol–water partition coefficient (Wildman–Crippen LogP) is 3.33. The normalized spacial score (nSPS) is 29.1. The van der Waals surface area contributed by atoms with Crippen molar-refractivity contribution in [3.05, 3.63) is 46.6 Å². The van der Waals surface area contributed by atoms with E-state index in [-0.39, 0.29) is 41.6 Å². The van der Waals surface area contributed by atoms with E-state index >= 15 is 0 Å². The fourth-order valence-electron chi connectivity index (χ4n) is 7.37. The van der Waals surface area contributed by atoms with Crippen LogP contribution in [0, 0.1) is 30.1 Å². The van der Waals surface area contributed by atoms with Crippen LogP contribution in [0.2, 0.25) is 0 Å². The number of nitriles is 1. The van der Waals surface area contributed by atoms with Gasteiger partial charge in [-0.05, 0) is 76.3 Å². The van der Waals surface area contributed by atoms with Gasteiger partial charge in [-0.25, -0.2) is 4.68 Å². The van der Waals surface area contributed by atoms with Crippen molar-refractivity contribution < 1.29 is 19.1 Å². The van der Waals surface area contributed by atoms with Crippen LogP contribution in [-0.2, 0) is 9.53 Å². The molecule has 41 heavy (non-hydrogen) atoms. The van der Waals surface area contributed by atoms with E-state index in [2.05, 4.69) is 11.4 Å². The summed E-state index contributed by atoms with van der Waals surface area (Å²) in [6, 6.07) is 8.50. The van der Waals surface area contributed by atoms with Gasteiger partial charge in [0.25, 0.3) is 17.7 Å². The van der Waals surface area contributed by atoms with Gasteiger partial charge in [0.05, 0.1) is 12.1 Å². The summed E-state index contributed by atoms with van der Waals surface area (Å²) in [4.78, 5) is 45.5. The average molecular weight is 557 g/mol. The van der Waals surface area contributed by atoms with Gasteiger partial charge in [-0.2, -0.15) is 10.4 Å². The first-order chi connectivity index (χ1) is 19.9. The molecule has 2 saturated carbocycles. The van der Waals surface area contributed by atoms with Crippen molar-refractivity contribution >= 4 is 23.5 Å². The third kappa shape index (κ3) is 4.33. The van der Waals surface area contributed by atoms with Gasteiger partial charge in [0.1, 0.15) is 17.9 Å². The second-order valence-corrected chi connectivity index (χ2v) is 12.3. The van der Waals surface area contributed by atoms with E-state index < -0.39 is 12.1 Å². The Morgan fingerprint density at radius 1 is 1.15 bits per heavy atom. The quantitative estimate of drug-likeness (QED) is 0.583. The van der Waals surface area contributed by atoms with E-state index in [1.807, 2.05) is 36.7 Å².